The summed E-state index contributed by atoms with van der Waals surface area (Å²) in [7, 11) is 1.67. The zero-order valence-electron chi connectivity index (χ0n) is 14.4. The number of morpholine rings is 1. The van der Waals surface area contributed by atoms with Gasteiger partial charge < -0.3 is 16.0 Å². The predicted octanol–water partition coefficient (Wildman–Crippen LogP) is -1.60. The van der Waals surface area contributed by atoms with Crippen LogP contribution in [-0.4, -0.2) is 66.2 Å². The molecule has 1 aromatic carbocycles. The number of carboxylic acids is 1. The molecule has 0 aliphatic carbocycles. The van der Waals surface area contributed by atoms with Gasteiger partial charge in [-0.1, -0.05) is 18.2 Å². The molecule has 2 heterocycles. The van der Waals surface area contributed by atoms with Crippen LogP contribution in [0.5, 0.6) is 0 Å². The number of fused-ring (bicyclic) bond motifs is 1. The Morgan fingerprint density at radius 2 is 2.26 bits per heavy atom. The molecule has 0 radical (unpaired) electrons. The standard InChI is InChI=1S/C15H19N3O4.Na.H/c1-21-9-12(18-5-7-22-8-6-18)10-3-2-4-11-13(10)16-17-14(11)15(19)20;;/h2-4,12H,5-9H2,1H3,(H,16,17)(H,19,20);;/q;+1;-1. The molecule has 1 saturated heterocycles. The normalized spacial score (nSPS) is 16.9. The minimum absolute atomic E-state index is 0. The number of aromatic nitrogens is 2. The van der Waals surface area contributed by atoms with Gasteiger partial charge in [0, 0.05) is 25.6 Å². The number of methoxy groups -OCH3 is 1. The summed E-state index contributed by atoms with van der Waals surface area (Å²) in [4.78, 5) is 13.6. The number of H-pyrrole nitrogens is 1. The SMILES string of the molecule is COCC(c1cccc2c(C(=O)O)[nH]nc12)N1CCOCC1.[H-].[Na+]. The van der Waals surface area contributed by atoms with Gasteiger partial charge in [-0.15, -0.1) is 0 Å². The third kappa shape index (κ3) is 3.76. The Kier molecular flexibility index (Phi) is 6.58. The monoisotopic (exact) mass is 329 g/mol. The number of nitrogens with zero attached hydrogens (tertiary/aromatic N) is 2. The minimum Gasteiger partial charge on any atom is -1.00 e. The van der Waals surface area contributed by atoms with Crippen molar-refractivity contribution in [2.24, 2.45) is 0 Å². The number of hydrogen-bond donors (Lipinski definition) is 2. The first-order chi connectivity index (χ1) is 10.7. The molecule has 120 valence electrons. The third-order valence-corrected chi connectivity index (χ3v) is 4.00. The van der Waals surface area contributed by atoms with Crippen molar-refractivity contribution in [1.29, 1.82) is 0 Å². The number of carboxylic acid groups (broad SMARTS) is 1. The van der Waals surface area contributed by atoms with Gasteiger partial charge >= 0.3 is 35.5 Å². The van der Waals surface area contributed by atoms with Crippen molar-refractivity contribution in [3.63, 3.8) is 0 Å². The van der Waals surface area contributed by atoms with Crippen LogP contribution in [-0.2, 0) is 9.47 Å². The van der Waals surface area contributed by atoms with Crippen molar-refractivity contribution in [2.75, 3.05) is 40.0 Å². The van der Waals surface area contributed by atoms with Gasteiger partial charge in [0.05, 0.1) is 31.4 Å². The van der Waals surface area contributed by atoms with E-state index in [2.05, 4.69) is 15.1 Å². The second kappa shape index (κ2) is 8.23. The smallest absolute Gasteiger partial charge is 1.00 e. The fraction of sp³-hybridized carbons (Fsp3) is 0.467. The van der Waals surface area contributed by atoms with Crippen molar-refractivity contribution in [3.05, 3.63) is 29.5 Å². The second-order valence-corrected chi connectivity index (χ2v) is 5.27. The van der Waals surface area contributed by atoms with E-state index < -0.39 is 5.97 Å². The van der Waals surface area contributed by atoms with Crippen molar-refractivity contribution in [1.82, 2.24) is 15.1 Å². The molecule has 0 spiro atoms. The van der Waals surface area contributed by atoms with Crippen LogP contribution in [0.2, 0.25) is 0 Å². The summed E-state index contributed by atoms with van der Waals surface area (Å²) in [5.74, 6) is -1.01. The van der Waals surface area contributed by atoms with Crippen molar-refractivity contribution in [3.8, 4) is 0 Å². The number of ether oxygens (including phenoxy) is 2. The van der Waals surface area contributed by atoms with E-state index in [0.717, 1.165) is 18.7 Å². The average Bonchev–Trinajstić information content (AvgIpc) is 2.98. The first-order valence-corrected chi connectivity index (χ1v) is 7.23. The number of carbonyl (C=O) groups is 1. The molecular weight excluding hydrogens is 309 g/mol. The van der Waals surface area contributed by atoms with Crippen LogP contribution in [0.3, 0.4) is 0 Å². The number of aromatic carboxylic acids is 1. The topological polar surface area (TPSA) is 87.7 Å². The number of aromatic amines is 1. The van der Waals surface area contributed by atoms with Gasteiger partial charge in [0.25, 0.3) is 0 Å². The van der Waals surface area contributed by atoms with E-state index in [-0.39, 0.29) is 42.7 Å². The van der Waals surface area contributed by atoms with E-state index in [1.165, 1.54) is 0 Å². The summed E-state index contributed by atoms with van der Waals surface area (Å²) < 4.78 is 10.8. The Morgan fingerprint density at radius 1 is 1.52 bits per heavy atom. The van der Waals surface area contributed by atoms with Gasteiger partial charge in [0.1, 0.15) is 0 Å². The molecule has 1 aromatic heterocycles. The van der Waals surface area contributed by atoms with E-state index in [4.69, 9.17) is 9.47 Å². The van der Waals surface area contributed by atoms with Crippen LogP contribution in [0, 0.1) is 0 Å². The molecule has 2 N–H and O–H groups in total. The van der Waals surface area contributed by atoms with Gasteiger partial charge in [-0.25, -0.2) is 4.79 Å². The van der Waals surface area contributed by atoms with Crippen LogP contribution in [0.25, 0.3) is 10.9 Å². The van der Waals surface area contributed by atoms with Gasteiger partial charge in [0.15, 0.2) is 5.69 Å². The van der Waals surface area contributed by atoms with Gasteiger partial charge in [-0.2, -0.15) is 5.10 Å². The Hall–Kier alpha value is -0.960. The average molecular weight is 329 g/mol. The number of para-hydroxylation sites is 1. The predicted molar refractivity (Wildman–Crippen MR) is 81.2 cm³/mol. The summed E-state index contributed by atoms with van der Waals surface area (Å²) in [5, 5.41) is 16.7. The molecule has 1 unspecified atom stereocenters. The van der Waals surface area contributed by atoms with E-state index in [1.54, 1.807) is 13.2 Å². The molecule has 1 fully saturated rings. The molecule has 0 amide bonds. The van der Waals surface area contributed by atoms with Crippen LogP contribution >= 0.6 is 0 Å². The van der Waals surface area contributed by atoms with E-state index in [0.29, 0.717) is 30.7 Å². The molecule has 2 aromatic rings. The molecule has 3 rings (SSSR count). The molecular formula is C15H20N3NaO4. The summed E-state index contributed by atoms with van der Waals surface area (Å²) in [6, 6.07) is 5.65. The Bertz CT molecular complexity index is 676. The summed E-state index contributed by atoms with van der Waals surface area (Å²) in [6.45, 7) is 3.55. The second-order valence-electron chi connectivity index (χ2n) is 5.27. The van der Waals surface area contributed by atoms with E-state index >= 15 is 0 Å². The summed E-state index contributed by atoms with van der Waals surface area (Å²) >= 11 is 0. The molecule has 7 nitrogen and oxygen atoms in total. The number of nitrogens with one attached hydrogen (secondary N) is 1. The van der Waals surface area contributed by atoms with Crippen LogP contribution in [0.15, 0.2) is 18.2 Å². The molecule has 0 saturated carbocycles. The maximum atomic E-state index is 11.3. The number of benzene rings is 1. The molecule has 8 heteroatoms. The zero-order valence-corrected chi connectivity index (χ0v) is 15.4. The molecule has 23 heavy (non-hydrogen) atoms. The van der Waals surface area contributed by atoms with Crippen LogP contribution in [0.1, 0.15) is 23.5 Å². The molecule has 1 aliphatic heterocycles. The largest absolute Gasteiger partial charge is 1.00 e. The van der Waals surface area contributed by atoms with E-state index in [9.17, 15) is 9.90 Å². The Morgan fingerprint density at radius 3 is 2.91 bits per heavy atom. The minimum atomic E-state index is -1.01. The Labute approximate surface area is 157 Å². The first kappa shape index (κ1) is 18.4. The summed E-state index contributed by atoms with van der Waals surface area (Å²) in [6.07, 6.45) is 0. The fourth-order valence-corrected chi connectivity index (χ4v) is 2.93. The summed E-state index contributed by atoms with van der Waals surface area (Å²) in [5.41, 5.74) is 1.79. The van der Waals surface area contributed by atoms with E-state index in [1.807, 2.05) is 12.1 Å². The maximum Gasteiger partial charge on any atom is 1.00 e. The number of rotatable bonds is 5. The molecule has 1 aliphatic rings. The molecule has 0 bridgehead atoms. The first-order valence-electron chi connectivity index (χ1n) is 7.23. The molecule has 1 atom stereocenters. The quantitative estimate of drug-likeness (QED) is 0.643. The third-order valence-electron chi connectivity index (χ3n) is 4.00. The van der Waals surface area contributed by atoms with Crippen LogP contribution in [0.4, 0.5) is 0 Å². The van der Waals surface area contributed by atoms with Crippen molar-refractivity contribution >= 4 is 16.9 Å². The maximum absolute atomic E-state index is 11.3. The Balaban J connectivity index is 0.00000144. The number of hydrogen-bond acceptors (Lipinski definition) is 5. The van der Waals surface area contributed by atoms with Crippen LogP contribution < -0.4 is 29.6 Å². The van der Waals surface area contributed by atoms with Crippen molar-refractivity contribution in [2.45, 2.75) is 6.04 Å². The van der Waals surface area contributed by atoms with Crippen molar-refractivity contribution < 1.29 is 50.4 Å². The fourth-order valence-electron chi connectivity index (χ4n) is 2.93. The van der Waals surface area contributed by atoms with Gasteiger partial charge in [-0.05, 0) is 5.56 Å². The van der Waals surface area contributed by atoms with Gasteiger partial charge in [0.2, 0.25) is 0 Å². The zero-order chi connectivity index (χ0) is 15.5. The van der Waals surface area contributed by atoms with Gasteiger partial charge in [-0.3, -0.25) is 10.00 Å².